The average molecular weight is 229 g/mol. The second-order valence-electron chi connectivity index (χ2n) is 2.47. The van der Waals surface area contributed by atoms with E-state index in [0.29, 0.717) is 0 Å². The van der Waals surface area contributed by atoms with Crippen molar-refractivity contribution >= 4 is 11.8 Å². The first-order valence-corrected chi connectivity index (χ1v) is 3.38. The fourth-order valence-corrected chi connectivity index (χ4v) is 1.18. The van der Waals surface area contributed by atoms with Crippen molar-refractivity contribution in [1.82, 2.24) is 5.06 Å². The predicted octanol–water partition coefficient (Wildman–Crippen LogP) is 0.669. The van der Waals surface area contributed by atoms with E-state index in [-0.39, 0.29) is 35.7 Å². The molecule has 0 saturated carbocycles. The number of benzene rings is 1. The van der Waals surface area contributed by atoms with Gasteiger partial charge in [0.25, 0.3) is 11.8 Å². The normalized spacial score (nSPS) is 14.1. The summed E-state index contributed by atoms with van der Waals surface area (Å²) in [4.78, 5) is 22.1. The van der Waals surface area contributed by atoms with Crippen molar-refractivity contribution in [2.75, 3.05) is 0 Å². The van der Waals surface area contributed by atoms with Gasteiger partial charge in [-0.25, -0.2) is 0 Å². The Kier molecular flexibility index (Phi) is 2.59. The summed E-state index contributed by atoms with van der Waals surface area (Å²) >= 11 is 0. The number of carbonyl (C=O) groups is 2. The van der Waals surface area contributed by atoms with Crippen LogP contribution in [0.5, 0.6) is 0 Å². The molecule has 1 aromatic carbocycles. The molecule has 0 fully saturated rings. The van der Waals surface area contributed by atoms with E-state index in [9.17, 15) is 9.59 Å². The SMILES string of the molecule is O=C1c2ccccc2C(=O)N1O.[Zn]. The van der Waals surface area contributed by atoms with Crippen LogP contribution >= 0.6 is 0 Å². The number of carbonyl (C=O) groups excluding carboxylic acids is 2. The van der Waals surface area contributed by atoms with Crippen LogP contribution in [0.3, 0.4) is 0 Å². The predicted molar refractivity (Wildman–Crippen MR) is 38.7 cm³/mol. The van der Waals surface area contributed by atoms with Gasteiger partial charge in [-0.3, -0.25) is 14.8 Å². The van der Waals surface area contributed by atoms with E-state index in [4.69, 9.17) is 5.21 Å². The molecule has 2 rings (SSSR count). The van der Waals surface area contributed by atoms with Crippen molar-refractivity contribution in [3.05, 3.63) is 35.4 Å². The van der Waals surface area contributed by atoms with Crippen LogP contribution in [0.15, 0.2) is 24.3 Å². The number of fused-ring (bicyclic) bond motifs is 1. The molecule has 2 amide bonds. The molecule has 1 heterocycles. The zero-order valence-electron chi connectivity index (χ0n) is 6.73. The molecule has 0 radical (unpaired) electrons. The van der Waals surface area contributed by atoms with Gasteiger partial charge in [0.15, 0.2) is 0 Å². The van der Waals surface area contributed by atoms with Crippen LogP contribution in [0.2, 0.25) is 0 Å². The third-order valence-corrected chi connectivity index (χ3v) is 1.77. The van der Waals surface area contributed by atoms with Crippen LogP contribution in [0.1, 0.15) is 20.7 Å². The van der Waals surface area contributed by atoms with Crippen LogP contribution < -0.4 is 0 Å². The van der Waals surface area contributed by atoms with E-state index in [1.807, 2.05) is 0 Å². The van der Waals surface area contributed by atoms with Crippen molar-refractivity contribution in [3.63, 3.8) is 0 Å². The first kappa shape index (κ1) is 10.0. The third-order valence-electron chi connectivity index (χ3n) is 1.77. The Morgan fingerprint density at radius 1 is 1.00 bits per heavy atom. The molecule has 1 aromatic rings. The molecule has 1 aliphatic rings. The standard InChI is InChI=1S/C8H5NO3.Zn/c10-7-5-3-1-2-4-6(5)8(11)9(7)12;/h1-4,12H;. The number of nitrogens with zero attached hydrogens (tertiary/aromatic N) is 1. The van der Waals surface area contributed by atoms with E-state index >= 15 is 0 Å². The molecule has 1 N–H and O–H groups in total. The smallest absolute Gasteiger partial charge is 0.278 e. The van der Waals surface area contributed by atoms with Gasteiger partial charge in [-0.1, -0.05) is 12.1 Å². The second-order valence-corrected chi connectivity index (χ2v) is 2.47. The molecular weight excluding hydrogens is 223 g/mol. The van der Waals surface area contributed by atoms with Gasteiger partial charge in [-0.15, -0.1) is 5.06 Å². The summed E-state index contributed by atoms with van der Waals surface area (Å²) in [5, 5.41) is 9.05. The molecule has 0 spiro atoms. The zero-order chi connectivity index (χ0) is 8.72. The first-order valence-electron chi connectivity index (χ1n) is 3.38. The van der Waals surface area contributed by atoms with Crippen LogP contribution in [0, 0.1) is 0 Å². The molecular formula is C8H5NO3Zn. The van der Waals surface area contributed by atoms with Gasteiger partial charge < -0.3 is 0 Å². The van der Waals surface area contributed by atoms with Gasteiger partial charge in [0.2, 0.25) is 0 Å². The maximum Gasteiger partial charge on any atom is 0.285 e. The molecule has 0 saturated heterocycles. The number of hydrogen-bond acceptors (Lipinski definition) is 3. The number of hydrogen-bond donors (Lipinski definition) is 1. The molecule has 0 atom stereocenters. The average Bonchev–Trinajstić information content (AvgIpc) is 2.33. The van der Waals surface area contributed by atoms with Crippen molar-refractivity contribution in [2.24, 2.45) is 0 Å². The number of rotatable bonds is 0. The maximum atomic E-state index is 11.1. The van der Waals surface area contributed by atoms with E-state index in [1.165, 1.54) is 12.1 Å². The van der Waals surface area contributed by atoms with E-state index in [2.05, 4.69) is 0 Å². The topological polar surface area (TPSA) is 57.6 Å². The zero-order valence-corrected chi connectivity index (χ0v) is 9.69. The van der Waals surface area contributed by atoms with Gasteiger partial charge >= 0.3 is 0 Å². The summed E-state index contributed by atoms with van der Waals surface area (Å²) in [5.74, 6) is -1.31. The van der Waals surface area contributed by atoms with Crippen LogP contribution in [0.4, 0.5) is 0 Å². The van der Waals surface area contributed by atoms with Gasteiger partial charge in [-0.05, 0) is 12.1 Å². The van der Waals surface area contributed by atoms with Gasteiger partial charge in [0, 0.05) is 19.5 Å². The minimum Gasteiger partial charge on any atom is -0.278 e. The third kappa shape index (κ3) is 1.30. The Balaban J connectivity index is 0.000000845. The summed E-state index contributed by atoms with van der Waals surface area (Å²) in [6.07, 6.45) is 0. The summed E-state index contributed by atoms with van der Waals surface area (Å²) in [6, 6.07) is 6.30. The Hall–Kier alpha value is -1.06. The summed E-state index contributed by atoms with van der Waals surface area (Å²) < 4.78 is 0. The Bertz CT molecular complexity index is 342. The van der Waals surface area contributed by atoms with Crippen LogP contribution in [-0.2, 0) is 19.5 Å². The molecule has 0 aliphatic carbocycles. The quantitative estimate of drug-likeness (QED) is 0.403. The van der Waals surface area contributed by atoms with Gasteiger partial charge in [0.05, 0.1) is 11.1 Å². The molecule has 4 nitrogen and oxygen atoms in total. The fourth-order valence-electron chi connectivity index (χ4n) is 1.18. The van der Waals surface area contributed by atoms with Gasteiger partial charge in [0.1, 0.15) is 0 Å². The molecule has 13 heavy (non-hydrogen) atoms. The Morgan fingerprint density at radius 2 is 1.38 bits per heavy atom. The van der Waals surface area contributed by atoms with Crippen molar-refractivity contribution in [3.8, 4) is 0 Å². The number of hydroxylamine groups is 2. The largest absolute Gasteiger partial charge is 0.285 e. The first-order chi connectivity index (χ1) is 5.72. The maximum absolute atomic E-state index is 11.1. The molecule has 0 aromatic heterocycles. The van der Waals surface area contributed by atoms with E-state index in [0.717, 1.165) is 0 Å². The fraction of sp³-hybridized carbons (Fsp3) is 0. The van der Waals surface area contributed by atoms with Crippen molar-refractivity contribution in [2.45, 2.75) is 0 Å². The molecule has 62 valence electrons. The summed E-state index contributed by atoms with van der Waals surface area (Å²) in [7, 11) is 0. The second kappa shape index (κ2) is 3.36. The van der Waals surface area contributed by atoms with Crippen molar-refractivity contribution < 1.29 is 34.3 Å². The van der Waals surface area contributed by atoms with E-state index < -0.39 is 11.8 Å². The minimum absolute atomic E-state index is 0. The molecule has 0 unspecified atom stereocenters. The summed E-state index contributed by atoms with van der Waals surface area (Å²) in [5.41, 5.74) is 0.509. The molecule has 5 heteroatoms. The monoisotopic (exact) mass is 227 g/mol. The van der Waals surface area contributed by atoms with Crippen LogP contribution in [-0.4, -0.2) is 22.1 Å². The number of amides is 2. The Labute approximate surface area is 86.9 Å². The van der Waals surface area contributed by atoms with Crippen molar-refractivity contribution in [1.29, 1.82) is 0 Å². The minimum atomic E-state index is -0.657. The van der Waals surface area contributed by atoms with Crippen LogP contribution in [0.25, 0.3) is 0 Å². The Morgan fingerprint density at radius 3 is 1.77 bits per heavy atom. The molecule has 0 bridgehead atoms. The van der Waals surface area contributed by atoms with Gasteiger partial charge in [-0.2, -0.15) is 0 Å². The van der Waals surface area contributed by atoms with E-state index in [1.54, 1.807) is 12.1 Å². The summed E-state index contributed by atoms with van der Waals surface area (Å²) in [6.45, 7) is 0. The number of imide groups is 1. The molecule has 1 aliphatic heterocycles.